The van der Waals surface area contributed by atoms with Crippen LogP contribution in [0.4, 0.5) is 0 Å². The molecule has 4 nitrogen and oxygen atoms in total. The largest absolute Gasteiger partial charge is 0.508 e. The minimum atomic E-state index is 0.0709. The van der Waals surface area contributed by atoms with Crippen LogP contribution < -0.4 is 4.74 Å². The van der Waals surface area contributed by atoms with Gasteiger partial charge < -0.3 is 20.1 Å². The molecule has 0 saturated heterocycles. The second-order valence-corrected chi connectivity index (χ2v) is 3.60. The van der Waals surface area contributed by atoms with E-state index in [9.17, 15) is 10.2 Å². The van der Waals surface area contributed by atoms with E-state index in [4.69, 9.17) is 9.84 Å². The van der Waals surface area contributed by atoms with Gasteiger partial charge in [-0.2, -0.15) is 0 Å². The number of ether oxygens (including phenoxy) is 1. The maximum atomic E-state index is 9.53. The highest BCUT2D eigenvalue weighted by Gasteiger charge is 2.03. The van der Waals surface area contributed by atoms with E-state index in [0.717, 1.165) is 0 Å². The highest BCUT2D eigenvalue weighted by Crippen LogP contribution is 2.24. The SMILES string of the molecule is Oc1ccc(OCc2cc(O)ccc2O)cc1. The second kappa shape index (κ2) is 4.65. The predicted octanol–water partition coefficient (Wildman–Crippen LogP) is 2.38. The number of phenolic OH excluding ortho intramolecular Hbond substituents is 3. The molecule has 3 N–H and O–H groups in total. The van der Waals surface area contributed by atoms with Crippen LogP contribution in [0.1, 0.15) is 5.56 Å². The topological polar surface area (TPSA) is 69.9 Å². The lowest BCUT2D eigenvalue weighted by atomic mass is 10.2. The smallest absolute Gasteiger partial charge is 0.122 e. The number of benzene rings is 2. The Bertz CT molecular complexity index is 505. The Hall–Kier alpha value is -2.36. The zero-order chi connectivity index (χ0) is 12.3. The molecule has 88 valence electrons. The van der Waals surface area contributed by atoms with Gasteiger partial charge in [0.05, 0.1) is 0 Å². The fraction of sp³-hybridized carbons (Fsp3) is 0.0769. The van der Waals surface area contributed by atoms with Crippen molar-refractivity contribution in [1.29, 1.82) is 0 Å². The molecular weight excluding hydrogens is 220 g/mol. The highest BCUT2D eigenvalue weighted by molar-refractivity contribution is 5.38. The molecule has 0 saturated carbocycles. The zero-order valence-electron chi connectivity index (χ0n) is 9.00. The molecule has 0 aliphatic rings. The average molecular weight is 232 g/mol. The van der Waals surface area contributed by atoms with Gasteiger partial charge in [0.1, 0.15) is 29.6 Å². The average Bonchev–Trinajstić information content (AvgIpc) is 2.32. The van der Waals surface area contributed by atoms with Gasteiger partial charge in [-0.25, -0.2) is 0 Å². The first-order chi connectivity index (χ1) is 8.15. The summed E-state index contributed by atoms with van der Waals surface area (Å²) in [5.41, 5.74) is 0.498. The van der Waals surface area contributed by atoms with Crippen molar-refractivity contribution in [3.8, 4) is 23.0 Å². The first-order valence-electron chi connectivity index (χ1n) is 5.08. The number of rotatable bonds is 3. The van der Waals surface area contributed by atoms with Crippen molar-refractivity contribution in [2.24, 2.45) is 0 Å². The van der Waals surface area contributed by atoms with Crippen molar-refractivity contribution in [1.82, 2.24) is 0 Å². The summed E-state index contributed by atoms with van der Waals surface area (Å²) in [6.45, 7) is 0.144. The van der Waals surface area contributed by atoms with Crippen molar-refractivity contribution >= 4 is 0 Å². The summed E-state index contributed by atoms with van der Waals surface area (Å²) < 4.78 is 5.40. The van der Waals surface area contributed by atoms with E-state index < -0.39 is 0 Å². The summed E-state index contributed by atoms with van der Waals surface area (Å²) in [6.07, 6.45) is 0. The van der Waals surface area contributed by atoms with Gasteiger partial charge in [0.25, 0.3) is 0 Å². The lowest BCUT2D eigenvalue weighted by Crippen LogP contribution is -1.95. The Kier molecular flexibility index (Phi) is 3.05. The third-order valence-corrected chi connectivity index (χ3v) is 2.29. The Morgan fingerprint density at radius 3 is 2.18 bits per heavy atom. The van der Waals surface area contributed by atoms with Crippen LogP contribution in [-0.2, 0) is 6.61 Å². The minimum absolute atomic E-state index is 0.0709. The standard InChI is InChI=1S/C13H12O4/c14-10-1-4-12(5-2-10)17-8-9-7-11(15)3-6-13(9)16/h1-7,14-16H,8H2. The molecule has 0 unspecified atom stereocenters. The normalized spacial score (nSPS) is 10.1. The molecule has 0 heterocycles. The van der Waals surface area contributed by atoms with Gasteiger partial charge in [-0.05, 0) is 42.5 Å². The van der Waals surface area contributed by atoms with Gasteiger partial charge in [0.2, 0.25) is 0 Å². The molecule has 0 radical (unpaired) electrons. The van der Waals surface area contributed by atoms with Crippen molar-refractivity contribution < 1.29 is 20.1 Å². The third-order valence-electron chi connectivity index (χ3n) is 2.29. The molecule has 17 heavy (non-hydrogen) atoms. The molecular formula is C13H12O4. The predicted molar refractivity (Wildman–Crippen MR) is 62.2 cm³/mol. The van der Waals surface area contributed by atoms with Crippen LogP contribution >= 0.6 is 0 Å². The molecule has 0 fully saturated rings. The minimum Gasteiger partial charge on any atom is -0.508 e. The number of phenols is 3. The maximum absolute atomic E-state index is 9.53. The van der Waals surface area contributed by atoms with E-state index in [1.165, 1.54) is 30.3 Å². The van der Waals surface area contributed by atoms with Gasteiger partial charge in [-0.3, -0.25) is 0 Å². The van der Waals surface area contributed by atoms with Crippen LogP contribution in [-0.4, -0.2) is 15.3 Å². The van der Waals surface area contributed by atoms with E-state index in [1.807, 2.05) is 0 Å². The molecule has 0 spiro atoms. The fourth-order valence-electron chi connectivity index (χ4n) is 1.39. The van der Waals surface area contributed by atoms with Crippen molar-refractivity contribution in [2.75, 3.05) is 0 Å². The zero-order valence-corrected chi connectivity index (χ0v) is 9.00. The fourth-order valence-corrected chi connectivity index (χ4v) is 1.39. The summed E-state index contributed by atoms with van der Waals surface area (Å²) in [4.78, 5) is 0. The van der Waals surface area contributed by atoms with Gasteiger partial charge in [-0.15, -0.1) is 0 Å². The van der Waals surface area contributed by atoms with E-state index >= 15 is 0 Å². The molecule has 2 rings (SSSR count). The van der Waals surface area contributed by atoms with Crippen molar-refractivity contribution in [3.05, 3.63) is 48.0 Å². The van der Waals surface area contributed by atoms with Crippen LogP contribution in [0.5, 0.6) is 23.0 Å². The monoisotopic (exact) mass is 232 g/mol. The summed E-state index contributed by atoms with van der Waals surface area (Å²) in [6, 6.07) is 10.5. The molecule has 0 amide bonds. The quantitative estimate of drug-likeness (QED) is 0.710. The summed E-state index contributed by atoms with van der Waals surface area (Å²) in [5.74, 6) is 0.886. The number of hydrogen-bond donors (Lipinski definition) is 3. The van der Waals surface area contributed by atoms with Crippen LogP contribution in [0.15, 0.2) is 42.5 Å². The molecule has 2 aromatic carbocycles. The second-order valence-electron chi connectivity index (χ2n) is 3.60. The Labute approximate surface area is 98.3 Å². The van der Waals surface area contributed by atoms with E-state index in [-0.39, 0.29) is 23.9 Å². The molecule has 0 atom stereocenters. The van der Waals surface area contributed by atoms with Gasteiger partial charge >= 0.3 is 0 Å². The van der Waals surface area contributed by atoms with Gasteiger partial charge in [0.15, 0.2) is 0 Å². The molecule has 0 aromatic heterocycles. The van der Waals surface area contributed by atoms with E-state index in [1.54, 1.807) is 12.1 Å². The van der Waals surface area contributed by atoms with Gasteiger partial charge in [-0.1, -0.05) is 0 Å². The lowest BCUT2D eigenvalue weighted by Gasteiger charge is -2.08. The van der Waals surface area contributed by atoms with Crippen LogP contribution in [0.25, 0.3) is 0 Å². The third kappa shape index (κ3) is 2.81. The summed E-state index contributed by atoms with van der Waals surface area (Å²) in [7, 11) is 0. The number of hydrogen-bond acceptors (Lipinski definition) is 4. The van der Waals surface area contributed by atoms with E-state index in [2.05, 4.69) is 0 Å². The van der Waals surface area contributed by atoms with E-state index in [0.29, 0.717) is 11.3 Å². The molecule has 4 heteroatoms. The Morgan fingerprint density at radius 1 is 0.824 bits per heavy atom. The summed E-state index contributed by atoms with van der Waals surface area (Å²) in [5, 5.41) is 27.9. The van der Waals surface area contributed by atoms with Crippen molar-refractivity contribution in [2.45, 2.75) is 6.61 Å². The van der Waals surface area contributed by atoms with Crippen LogP contribution in [0, 0.1) is 0 Å². The van der Waals surface area contributed by atoms with Crippen LogP contribution in [0.3, 0.4) is 0 Å². The Morgan fingerprint density at radius 2 is 1.47 bits per heavy atom. The first kappa shape index (κ1) is 11.1. The first-order valence-corrected chi connectivity index (χ1v) is 5.08. The van der Waals surface area contributed by atoms with Crippen LogP contribution in [0.2, 0.25) is 0 Å². The Balaban J connectivity index is 2.07. The highest BCUT2D eigenvalue weighted by atomic mass is 16.5. The lowest BCUT2D eigenvalue weighted by molar-refractivity contribution is 0.297. The summed E-state index contributed by atoms with van der Waals surface area (Å²) >= 11 is 0. The maximum Gasteiger partial charge on any atom is 0.122 e. The molecule has 0 bridgehead atoms. The molecule has 0 aliphatic heterocycles. The van der Waals surface area contributed by atoms with Crippen molar-refractivity contribution in [3.63, 3.8) is 0 Å². The number of aromatic hydroxyl groups is 3. The molecule has 2 aromatic rings. The molecule has 0 aliphatic carbocycles. The van der Waals surface area contributed by atoms with Gasteiger partial charge in [0, 0.05) is 5.56 Å².